The smallest absolute Gasteiger partial charge is 0.408 e. The summed E-state index contributed by atoms with van der Waals surface area (Å²) in [5, 5.41) is 2.69. The third-order valence-electron chi connectivity index (χ3n) is 2.48. The van der Waals surface area contributed by atoms with Gasteiger partial charge in [-0.25, -0.2) is 4.79 Å². The van der Waals surface area contributed by atoms with Crippen molar-refractivity contribution in [2.24, 2.45) is 0 Å². The second-order valence-electron chi connectivity index (χ2n) is 3.54. The van der Waals surface area contributed by atoms with Crippen LogP contribution in [0.5, 0.6) is 0 Å². The zero-order valence-corrected chi connectivity index (χ0v) is 8.35. The Bertz CT molecular complexity index is 361. The second-order valence-corrected chi connectivity index (χ2v) is 3.54. The van der Waals surface area contributed by atoms with Gasteiger partial charge in [-0.05, 0) is 5.56 Å². The minimum absolute atomic E-state index is 0.0855. The number of rotatable bonds is 3. The van der Waals surface area contributed by atoms with Crippen molar-refractivity contribution in [2.75, 3.05) is 0 Å². The average Bonchev–Trinajstić information content (AvgIpc) is 2.60. The first-order valence-electron chi connectivity index (χ1n) is 4.93. The van der Waals surface area contributed by atoms with Gasteiger partial charge in [-0.3, -0.25) is 0 Å². The van der Waals surface area contributed by atoms with E-state index in [0.717, 1.165) is 12.0 Å². The van der Waals surface area contributed by atoms with E-state index in [2.05, 4.69) is 11.9 Å². The number of carbonyl (C=O) groups excluding carboxylic acids is 1. The Morgan fingerprint density at radius 2 is 2.13 bits per heavy atom. The molecule has 1 aliphatic rings. The summed E-state index contributed by atoms with van der Waals surface area (Å²) in [4.78, 5) is 11.0. The van der Waals surface area contributed by atoms with Gasteiger partial charge in [-0.2, -0.15) is 0 Å². The van der Waals surface area contributed by atoms with Crippen molar-refractivity contribution in [2.45, 2.75) is 18.6 Å². The fourth-order valence-corrected chi connectivity index (χ4v) is 1.70. The van der Waals surface area contributed by atoms with Crippen LogP contribution in [0.1, 0.15) is 5.56 Å². The van der Waals surface area contributed by atoms with Crippen LogP contribution in [0.2, 0.25) is 0 Å². The number of nitrogens with one attached hydrogen (secondary N) is 1. The maximum absolute atomic E-state index is 11.0. The number of alkyl carbamates (subject to hydrolysis) is 1. The van der Waals surface area contributed by atoms with Crippen LogP contribution in [0.3, 0.4) is 0 Å². The highest BCUT2D eigenvalue weighted by Crippen LogP contribution is 2.15. The predicted octanol–water partition coefficient (Wildman–Crippen LogP) is 1.89. The number of ether oxygens (including phenoxy) is 1. The summed E-state index contributed by atoms with van der Waals surface area (Å²) in [6.45, 7) is 3.67. The molecule has 0 aliphatic carbocycles. The Hall–Kier alpha value is -1.77. The van der Waals surface area contributed by atoms with Gasteiger partial charge in [0.15, 0.2) is 0 Å². The standard InChI is InChI=1S/C12H13NO2/c1-2-10-11(15-12(14)13-10)8-9-6-4-3-5-7-9/h2-7,10-11H,1,8H2,(H,13,14)/t10-,11+/m0/s1. The molecule has 1 aliphatic heterocycles. The Kier molecular flexibility index (Phi) is 2.72. The topological polar surface area (TPSA) is 38.3 Å². The SMILES string of the molecule is C=C[C@@H]1NC(=O)O[C@@H]1Cc1ccccc1. The van der Waals surface area contributed by atoms with Crippen LogP contribution in [0.25, 0.3) is 0 Å². The van der Waals surface area contributed by atoms with Gasteiger partial charge in [0, 0.05) is 6.42 Å². The first-order chi connectivity index (χ1) is 7.29. The molecule has 1 aromatic carbocycles. The van der Waals surface area contributed by atoms with Gasteiger partial charge in [0.05, 0.1) is 6.04 Å². The van der Waals surface area contributed by atoms with E-state index in [1.54, 1.807) is 6.08 Å². The van der Waals surface area contributed by atoms with Crippen molar-refractivity contribution >= 4 is 6.09 Å². The molecule has 0 radical (unpaired) electrons. The number of hydrogen-bond acceptors (Lipinski definition) is 2. The van der Waals surface area contributed by atoms with E-state index in [9.17, 15) is 4.79 Å². The molecule has 2 atom stereocenters. The van der Waals surface area contributed by atoms with Crippen LogP contribution in [-0.4, -0.2) is 18.2 Å². The fraction of sp³-hybridized carbons (Fsp3) is 0.250. The third-order valence-corrected chi connectivity index (χ3v) is 2.48. The maximum atomic E-state index is 11.0. The van der Waals surface area contributed by atoms with Crippen LogP contribution in [0, 0.1) is 0 Å². The molecule has 15 heavy (non-hydrogen) atoms. The molecule has 3 nitrogen and oxygen atoms in total. The molecule has 1 saturated heterocycles. The molecule has 2 rings (SSSR count). The highest BCUT2D eigenvalue weighted by Gasteiger charge is 2.31. The Balaban J connectivity index is 2.06. The summed E-state index contributed by atoms with van der Waals surface area (Å²) < 4.78 is 5.15. The van der Waals surface area contributed by atoms with E-state index in [1.165, 1.54) is 0 Å². The summed E-state index contributed by atoms with van der Waals surface area (Å²) in [6, 6.07) is 9.87. The lowest BCUT2D eigenvalue weighted by Gasteiger charge is -2.12. The molecule has 78 valence electrons. The van der Waals surface area contributed by atoms with Gasteiger partial charge < -0.3 is 10.1 Å². The first kappa shape index (κ1) is 9.77. The number of amides is 1. The van der Waals surface area contributed by atoms with Crippen molar-refractivity contribution < 1.29 is 9.53 Å². The molecule has 0 saturated carbocycles. The third kappa shape index (κ3) is 2.18. The van der Waals surface area contributed by atoms with E-state index in [0.29, 0.717) is 0 Å². The van der Waals surface area contributed by atoms with E-state index >= 15 is 0 Å². The van der Waals surface area contributed by atoms with Crippen molar-refractivity contribution in [3.05, 3.63) is 48.6 Å². The van der Waals surface area contributed by atoms with Crippen molar-refractivity contribution in [3.63, 3.8) is 0 Å². The van der Waals surface area contributed by atoms with Gasteiger partial charge >= 0.3 is 6.09 Å². The van der Waals surface area contributed by atoms with Crippen molar-refractivity contribution in [1.29, 1.82) is 0 Å². The van der Waals surface area contributed by atoms with Crippen LogP contribution in [0.4, 0.5) is 4.79 Å². The van der Waals surface area contributed by atoms with Gasteiger partial charge in [0.2, 0.25) is 0 Å². The average molecular weight is 203 g/mol. The summed E-state index contributed by atoms with van der Waals surface area (Å²) in [6.07, 6.45) is 1.92. The molecule has 0 bridgehead atoms. The minimum Gasteiger partial charge on any atom is -0.443 e. The summed E-state index contributed by atoms with van der Waals surface area (Å²) in [5.41, 5.74) is 1.16. The minimum atomic E-state index is -0.360. The van der Waals surface area contributed by atoms with Crippen molar-refractivity contribution in [3.8, 4) is 0 Å². The first-order valence-corrected chi connectivity index (χ1v) is 4.93. The zero-order chi connectivity index (χ0) is 10.7. The van der Waals surface area contributed by atoms with Gasteiger partial charge in [-0.1, -0.05) is 36.4 Å². The molecule has 3 heteroatoms. The van der Waals surface area contributed by atoms with E-state index < -0.39 is 0 Å². The Morgan fingerprint density at radius 1 is 1.40 bits per heavy atom. The summed E-state index contributed by atoms with van der Waals surface area (Å²) in [7, 11) is 0. The number of benzene rings is 1. The highest BCUT2D eigenvalue weighted by molar-refractivity contribution is 5.70. The zero-order valence-electron chi connectivity index (χ0n) is 8.35. The molecule has 1 amide bonds. The van der Waals surface area contributed by atoms with Crippen LogP contribution in [-0.2, 0) is 11.2 Å². The molecule has 1 fully saturated rings. The summed E-state index contributed by atoms with van der Waals surface area (Å²) >= 11 is 0. The number of carbonyl (C=O) groups is 1. The van der Waals surface area contributed by atoms with Gasteiger partial charge in [0.25, 0.3) is 0 Å². The fourth-order valence-electron chi connectivity index (χ4n) is 1.70. The van der Waals surface area contributed by atoms with E-state index in [-0.39, 0.29) is 18.2 Å². The molecule has 1 heterocycles. The molecule has 0 aromatic heterocycles. The molecule has 1 N–H and O–H groups in total. The van der Waals surface area contributed by atoms with Crippen LogP contribution < -0.4 is 5.32 Å². The van der Waals surface area contributed by atoms with Gasteiger partial charge in [0.1, 0.15) is 6.10 Å². The van der Waals surface area contributed by atoms with Crippen LogP contribution >= 0.6 is 0 Å². The molecule has 0 unspecified atom stereocenters. The van der Waals surface area contributed by atoms with Gasteiger partial charge in [-0.15, -0.1) is 6.58 Å². The normalized spacial score (nSPS) is 24.4. The Morgan fingerprint density at radius 3 is 2.80 bits per heavy atom. The van der Waals surface area contributed by atoms with E-state index in [1.807, 2.05) is 30.3 Å². The summed E-state index contributed by atoms with van der Waals surface area (Å²) in [5.74, 6) is 0. The largest absolute Gasteiger partial charge is 0.443 e. The van der Waals surface area contributed by atoms with E-state index in [4.69, 9.17) is 4.74 Å². The monoisotopic (exact) mass is 203 g/mol. The lowest BCUT2D eigenvalue weighted by molar-refractivity contribution is 0.135. The molecule has 1 aromatic rings. The van der Waals surface area contributed by atoms with Crippen LogP contribution in [0.15, 0.2) is 43.0 Å². The maximum Gasteiger partial charge on any atom is 0.408 e. The lowest BCUT2D eigenvalue weighted by atomic mass is 10.0. The highest BCUT2D eigenvalue weighted by atomic mass is 16.6. The number of cyclic esters (lactones) is 1. The lowest BCUT2D eigenvalue weighted by Crippen LogP contribution is -2.30. The molecular weight excluding hydrogens is 190 g/mol. The second kappa shape index (κ2) is 4.17. The molecular formula is C12H13NO2. The van der Waals surface area contributed by atoms with Crippen molar-refractivity contribution in [1.82, 2.24) is 5.32 Å². The predicted molar refractivity (Wildman–Crippen MR) is 57.5 cm³/mol. The number of hydrogen-bond donors (Lipinski definition) is 1. The Labute approximate surface area is 88.8 Å². The quantitative estimate of drug-likeness (QED) is 0.762. The molecule has 0 spiro atoms.